The number of rotatable bonds is 6. The van der Waals surface area contributed by atoms with Crippen LogP contribution in [0.4, 0.5) is 5.69 Å². The largest absolute Gasteiger partial charge is 0.492 e. The summed E-state index contributed by atoms with van der Waals surface area (Å²) in [5.74, 6) is -0.900. The van der Waals surface area contributed by atoms with Crippen LogP contribution in [0, 0.1) is 0 Å². The fourth-order valence-corrected chi connectivity index (χ4v) is 3.26. The second kappa shape index (κ2) is 8.73. The zero-order valence-corrected chi connectivity index (χ0v) is 16.7. The number of nitrogens with zero attached hydrogens (tertiary/aromatic N) is 1. The molecule has 29 heavy (non-hydrogen) atoms. The van der Waals surface area contributed by atoms with Gasteiger partial charge in [-0.15, -0.1) is 0 Å². The Morgan fingerprint density at radius 2 is 1.59 bits per heavy atom. The first-order chi connectivity index (χ1) is 14.0. The molecule has 1 aliphatic rings. The lowest BCUT2D eigenvalue weighted by molar-refractivity contribution is -0.123. The molecule has 150 valence electrons. The van der Waals surface area contributed by atoms with Crippen molar-refractivity contribution in [1.82, 2.24) is 0 Å². The molecule has 0 saturated carbocycles. The molecular formula is C23H23NO5. The van der Waals surface area contributed by atoms with Gasteiger partial charge in [-0.3, -0.25) is 9.59 Å². The monoisotopic (exact) mass is 393 g/mol. The number of ether oxygens (including phenoxy) is 2. The molecule has 0 aliphatic carbocycles. The van der Waals surface area contributed by atoms with Crippen LogP contribution in [0.15, 0.2) is 48.5 Å². The van der Waals surface area contributed by atoms with Gasteiger partial charge >= 0.3 is 5.97 Å². The van der Waals surface area contributed by atoms with Gasteiger partial charge in [0.05, 0.1) is 30.0 Å². The standard InChI is InChI=1S/C23H23NO5/c1-4-19(25)24-18-14-16(23(27)29-6-3)12-13-17(18)20(22(24)26)21(28-5-2)15-10-8-7-9-11-15/h7-14H,4-6H2,1-3H3. The van der Waals surface area contributed by atoms with Crippen molar-refractivity contribution >= 4 is 34.8 Å². The number of hydrogen-bond acceptors (Lipinski definition) is 5. The van der Waals surface area contributed by atoms with Crippen molar-refractivity contribution in [2.45, 2.75) is 27.2 Å². The highest BCUT2D eigenvalue weighted by atomic mass is 16.5. The number of anilines is 1. The van der Waals surface area contributed by atoms with E-state index in [1.165, 1.54) is 6.07 Å². The zero-order chi connectivity index (χ0) is 21.0. The van der Waals surface area contributed by atoms with E-state index in [1.54, 1.807) is 26.0 Å². The van der Waals surface area contributed by atoms with E-state index < -0.39 is 11.9 Å². The third-order valence-electron chi connectivity index (χ3n) is 4.54. The molecule has 0 bridgehead atoms. The maximum atomic E-state index is 13.3. The fraction of sp³-hybridized carbons (Fsp3) is 0.261. The van der Waals surface area contributed by atoms with E-state index in [0.29, 0.717) is 29.2 Å². The Labute approximate surface area is 169 Å². The van der Waals surface area contributed by atoms with Crippen molar-refractivity contribution in [3.63, 3.8) is 0 Å². The van der Waals surface area contributed by atoms with Crippen LogP contribution in [0.5, 0.6) is 0 Å². The van der Waals surface area contributed by atoms with Crippen molar-refractivity contribution in [3.05, 3.63) is 65.2 Å². The highest BCUT2D eigenvalue weighted by Gasteiger charge is 2.39. The SMILES string of the molecule is CCOC(=O)c1ccc2c(c1)N(C(=O)CC)C(=O)C2=C(OCC)c1ccccc1. The van der Waals surface area contributed by atoms with Gasteiger partial charge in [-0.25, -0.2) is 9.69 Å². The molecule has 2 aromatic carbocycles. The fourth-order valence-electron chi connectivity index (χ4n) is 3.26. The Balaban J connectivity index is 2.24. The number of carbonyl (C=O) groups is 3. The molecule has 6 nitrogen and oxygen atoms in total. The van der Waals surface area contributed by atoms with Crippen LogP contribution in [-0.4, -0.2) is 31.0 Å². The van der Waals surface area contributed by atoms with Gasteiger partial charge in [0.25, 0.3) is 5.91 Å². The van der Waals surface area contributed by atoms with Gasteiger partial charge in [-0.05, 0) is 26.0 Å². The Kier molecular flexibility index (Phi) is 6.12. The molecule has 0 N–H and O–H groups in total. The first kappa shape index (κ1) is 20.3. The second-order valence-corrected chi connectivity index (χ2v) is 6.34. The summed E-state index contributed by atoms with van der Waals surface area (Å²) in [5.41, 5.74) is 2.26. The van der Waals surface area contributed by atoms with Crippen LogP contribution in [0.25, 0.3) is 11.3 Å². The van der Waals surface area contributed by atoms with Crippen LogP contribution in [0.3, 0.4) is 0 Å². The van der Waals surface area contributed by atoms with Crippen molar-refractivity contribution in [3.8, 4) is 0 Å². The van der Waals surface area contributed by atoms with Crippen molar-refractivity contribution in [2.75, 3.05) is 18.1 Å². The summed E-state index contributed by atoms with van der Waals surface area (Å²) in [6, 6.07) is 14.1. The normalized spacial score (nSPS) is 14.4. The number of fused-ring (bicyclic) bond motifs is 1. The van der Waals surface area contributed by atoms with E-state index in [1.807, 2.05) is 37.3 Å². The molecule has 1 aliphatic heterocycles. The first-order valence-corrected chi connectivity index (χ1v) is 9.64. The van der Waals surface area contributed by atoms with Gasteiger partial charge in [0.1, 0.15) is 5.76 Å². The average molecular weight is 393 g/mol. The molecule has 0 unspecified atom stereocenters. The van der Waals surface area contributed by atoms with Crippen molar-refractivity contribution in [1.29, 1.82) is 0 Å². The van der Waals surface area contributed by atoms with Crippen LogP contribution in [0.2, 0.25) is 0 Å². The lowest BCUT2D eigenvalue weighted by Gasteiger charge is -2.15. The number of benzene rings is 2. The Bertz CT molecular complexity index is 978. The van der Waals surface area contributed by atoms with E-state index in [-0.39, 0.29) is 24.5 Å². The van der Waals surface area contributed by atoms with Gasteiger partial charge in [-0.2, -0.15) is 0 Å². The minimum atomic E-state index is -0.503. The maximum absolute atomic E-state index is 13.3. The zero-order valence-electron chi connectivity index (χ0n) is 16.7. The minimum Gasteiger partial charge on any atom is -0.492 e. The minimum absolute atomic E-state index is 0.150. The van der Waals surface area contributed by atoms with Crippen LogP contribution in [-0.2, 0) is 19.1 Å². The highest BCUT2D eigenvalue weighted by Crippen LogP contribution is 2.42. The number of carbonyl (C=O) groups excluding carboxylic acids is 3. The summed E-state index contributed by atoms with van der Waals surface area (Å²) < 4.78 is 10.9. The van der Waals surface area contributed by atoms with Crippen LogP contribution < -0.4 is 4.90 Å². The molecule has 1 heterocycles. The summed E-state index contributed by atoms with van der Waals surface area (Å²) in [6.07, 6.45) is 0.150. The predicted octanol–water partition coefficient (Wildman–Crippen LogP) is 4.05. The summed E-state index contributed by atoms with van der Waals surface area (Å²) in [6.45, 7) is 5.84. The van der Waals surface area contributed by atoms with Crippen LogP contribution in [0.1, 0.15) is 48.7 Å². The van der Waals surface area contributed by atoms with Gasteiger partial charge in [0.2, 0.25) is 5.91 Å². The predicted molar refractivity (Wildman–Crippen MR) is 110 cm³/mol. The summed E-state index contributed by atoms with van der Waals surface area (Å²) in [4.78, 5) is 39.2. The number of amides is 2. The Morgan fingerprint density at radius 1 is 0.897 bits per heavy atom. The summed E-state index contributed by atoms with van der Waals surface area (Å²) in [5, 5.41) is 0. The van der Waals surface area contributed by atoms with Gasteiger partial charge in [-0.1, -0.05) is 43.3 Å². The molecule has 0 spiro atoms. The van der Waals surface area contributed by atoms with E-state index in [9.17, 15) is 14.4 Å². The molecule has 2 amide bonds. The highest BCUT2D eigenvalue weighted by molar-refractivity contribution is 6.43. The van der Waals surface area contributed by atoms with Crippen molar-refractivity contribution in [2.24, 2.45) is 0 Å². The van der Waals surface area contributed by atoms with Crippen molar-refractivity contribution < 1.29 is 23.9 Å². The molecule has 6 heteroatoms. The quantitative estimate of drug-likeness (QED) is 0.421. The van der Waals surface area contributed by atoms with Gasteiger partial charge in [0.15, 0.2) is 0 Å². The van der Waals surface area contributed by atoms with E-state index in [2.05, 4.69) is 0 Å². The molecule has 0 radical (unpaired) electrons. The molecule has 0 aromatic heterocycles. The molecule has 0 atom stereocenters. The second-order valence-electron chi connectivity index (χ2n) is 6.34. The Hall–Kier alpha value is -3.41. The topological polar surface area (TPSA) is 72.9 Å². The third-order valence-corrected chi connectivity index (χ3v) is 4.54. The van der Waals surface area contributed by atoms with E-state index in [0.717, 1.165) is 10.5 Å². The lowest BCUT2D eigenvalue weighted by atomic mass is 10.0. The molecule has 2 aromatic rings. The average Bonchev–Trinajstić information content (AvgIpc) is 3.03. The van der Waals surface area contributed by atoms with Gasteiger partial charge in [0, 0.05) is 17.5 Å². The van der Waals surface area contributed by atoms with Gasteiger partial charge < -0.3 is 9.47 Å². The molecular weight excluding hydrogens is 370 g/mol. The molecule has 0 fully saturated rings. The number of esters is 1. The summed E-state index contributed by atoms with van der Waals surface area (Å²) >= 11 is 0. The van der Waals surface area contributed by atoms with Crippen LogP contribution >= 0.6 is 0 Å². The number of imide groups is 1. The third kappa shape index (κ3) is 3.78. The smallest absolute Gasteiger partial charge is 0.338 e. The lowest BCUT2D eigenvalue weighted by Crippen LogP contribution is -2.33. The van der Waals surface area contributed by atoms with E-state index >= 15 is 0 Å². The Morgan fingerprint density at radius 3 is 2.21 bits per heavy atom. The first-order valence-electron chi connectivity index (χ1n) is 9.64. The molecule has 3 rings (SSSR count). The van der Waals surface area contributed by atoms with E-state index in [4.69, 9.17) is 9.47 Å². The summed E-state index contributed by atoms with van der Waals surface area (Å²) in [7, 11) is 0. The maximum Gasteiger partial charge on any atom is 0.338 e. The number of hydrogen-bond donors (Lipinski definition) is 0. The molecule has 0 saturated heterocycles.